The Bertz CT molecular complexity index is 533. The number of carbonyl (C=O) groups excluding carboxylic acids is 1. The van der Waals surface area contributed by atoms with Crippen molar-refractivity contribution < 1.29 is 14.7 Å². The van der Waals surface area contributed by atoms with Gasteiger partial charge in [0, 0.05) is 18.2 Å². The number of carbonyl (C=O) groups is 2. The van der Waals surface area contributed by atoms with Gasteiger partial charge in [0.2, 0.25) is 5.91 Å². The van der Waals surface area contributed by atoms with Gasteiger partial charge in [0.25, 0.3) is 0 Å². The molecule has 5 nitrogen and oxygen atoms in total. The molecule has 0 spiro atoms. The molecule has 1 aliphatic heterocycles. The highest BCUT2D eigenvalue weighted by atomic mass is 16.4. The zero-order chi connectivity index (χ0) is 14.8. The summed E-state index contributed by atoms with van der Waals surface area (Å²) in [6, 6.07) is 7.66. The van der Waals surface area contributed by atoms with Crippen LogP contribution in [0.3, 0.4) is 0 Å². The molecule has 2 unspecified atom stereocenters. The molecule has 1 aliphatic carbocycles. The van der Waals surface area contributed by atoms with Crippen LogP contribution in [0, 0.1) is 5.92 Å². The number of amides is 1. The number of carboxylic acid groups (broad SMARTS) is 1. The van der Waals surface area contributed by atoms with Crippen molar-refractivity contribution in [3.8, 4) is 0 Å². The molecule has 0 aromatic heterocycles. The summed E-state index contributed by atoms with van der Waals surface area (Å²) >= 11 is 0. The van der Waals surface area contributed by atoms with Gasteiger partial charge in [0.1, 0.15) is 6.04 Å². The van der Waals surface area contributed by atoms with Crippen LogP contribution in [-0.2, 0) is 16.0 Å². The Morgan fingerprint density at radius 3 is 2.81 bits per heavy atom. The van der Waals surface area contributed by atoms with Crippen molar-refractivity contribution >= 4 is 17.6 Å². The van der Waals surface area contributed by atoms with Crippen LogP contribution >= 0.6 is 0 Å². The lowest BCUT2D eigenvalue weighted by molar-refractivity contribution is -0.143. The summed E-state index contributed by atoms with van der Waals surface area (Å²) in [6.45, 7) is 0. The number of hydrogen-bond acceptors (Lipinski definition) is 3. The van der Waals surface area contributed by atoms with Gasteiger partial charge in [-0.15, -0.1) is 0 Å². The number of hydrogen-bond donors (Lipinski definition) is 3. The lowest BCUT2D eigenvalue weighted by Crippen LogP contribution is -2.46. The van der Waals surface area contributed by atoms with Crippen molar-refractivity contribution in [1.29, 1.82) is 0 Å². The zero-order valence-corrected chi connectivity index (χ0v) is 11.8. The number of rotatable bonds is 3. The van der Waals surface area contributed by atoms with Crippen molar-refractivity contribution in [2.24, 2.45) is 5.92 Å². The fraction of sp³-hybridized carbons (Fsp3) is 0.500. The Labute approximate surface area is 123 Å². The maximum Gasteiger partial charge on any atom is 0.306 e. The maximum atomic E-state index is 12.3. The lowest BCUT2D eigenvalue weighted by atomic mass is 9.85. The quantitative estimate of drug-likeness (QED) is 0.792. The van der Waals surface area contributed by atoms with Crippen LogP contribution in [0.15, 0.2) is 24.3 Å². The van der Waals surface area contributed by atoms with Crippen LogP contribution in [0.5, 0.6) is 0 Å². The predicted octanol–water partition coefficient (Wildman–Crippen LogP) is 1.78. The van der Waals surface area contributed by atoms with Crippen LogP contribution in [0.2, 0.25) is 0 Å². The van der Waals surface area contributed by atoms with Crippen LogP contribution < -0.4 is 10.6 Å². The van der Waals surface area contributed by atoms with E-state index in [-0.39, 0.29) is 23.9 Å². The van der Waals surface area contributed by atoms with Gasteiger partial charge in [0.15, 0.2) is 0 Å². The van der Waals surface area contributed by atoms with Crippen molar-refractivity contribution in [2.75, 3.05) is 5.32 Å². The largest absolute Gasteiger partial charge is 0.481 e. The first-order valence-corrected chi connectivity index (χ1v) is 7.51. The molecular formula is C16H20N2O3. The molecule has 1 amide bonds. The Morgan fingerprint density at radius 2 is 2.05 bits per heavy atom. The van der Waals surface area contributed by atoms with Gasteiger partial charge < -0.3 is 15.7 Å². The van der Waals surface area contributed by atoms with E-state index in [0.29, 0.717) is 12.8 Å². The number of nitrogens with one attached hydrogen (secondary N) is 2. The number of benzene rings is 1. The van der Waals surface area contributed by atoms with E-state index in [9.17, 15) is 9.59 Å². The van der Waals surface area contributed by atoms with Gasteiger partial charge in [-0.3, -0.25) is 9.59 Å². The fourth-order valence-electron chi connectivity index (χ4n) is 3.30. The Kier molecular flexibility index (Phi) is 3.82. The summed E-state index contributed by atoms with van der Waals surface area (Å²) < 4.78 is 0. The second-order valence-electron chi connectivity index (χ2n) is 5.97. The lowest BCUT2D eigenvalue weighted by Gasteiger charge is -2.28. The Hall–Kier alpha value is -2.04. The van der Waals surface area contributed by atoms with E-state index >= 15 is 0 Å². The van der Waals surface area contributed by atoms with E-state index in [1.807, 2.05) is 24.3 Å². The van der Waals surface area contributed by atoms with Crippen molar-refractivity contribution in [2.45, 2.75) is 44.2 Å². The predicted molar refractivity (Wildman–Crippen MR) is 79.1 cm³/mol. The van der Waals surface area contributed by atoms with Crippen LogP contribution in [0.1, 0.15) is 31.2 Å². The van der Waals surface area contributed by atoms with Gasteiger partial charge in [-0.2, -0.15) is 0 Å². The first kappa shape index (κ1) is 13.9. The topological polar surface area (TPSA) is 78.4 Å². The van der Waals surface area contributed by atoms with E-state index in [0.717, 1.165) is 30.5 Å². The molecule has 1 aromatic rings. The molecule has 1 fully saturated rings. The van der Waals surface area contributed by atoms with E-state index in [4.69, 9.17) is 5.11 Å². The van der Waals surface area contributed by atoms with Crippen LogP contribution in [0.25, 0.3) is 0 Å². The van der Waals surface area contributed by atoms with E-state index in [1.54, 1.807) is 0 Å². The maximum absolute atomic E-state index is 12.3. The summed E-state index contributed by atoms with van der Waals surface area (Å²) in [7, 11) is 0. The van der Waals surface area contributed by atoms with E-state index in [1.165, 1.54) is 0 Å². The SMILES string of the molecule is O=C(O)C1CCCC(NC(=O)[C@@H]2Cc3ccccc3N2)C1. The number of aliphatic carboxylic acids is 1. The standard InChI is InChI=1S/C16H20N2O3/c19-15(14-9-10-4-1-2-7-13(10)18-14)17-12-6-3-5-11(8-12)16(20)21/h1-2,4,7,11-12,14,18H,3,5-6,8-9H2,(H,17,19)(H,20,21)/t11?,12?,14-/m0/s1. The molecule has 1 aromatic carbocycles. The molecule has 1 heterocycles. The Morgan fingerprint density at radius 1 is 1.24 bits per heavy atom. The van der Waals surface area contributed by atoms with Crippen molar-refractivity contribution in [3.63, 3.8) is 0 Å². The first-order valence-electron chi connectivity index (χ1n) is 7.51. The molecule has 3 rings (SSSR count). The molecule has 2 aliphatic rings. The van der Waals surface area contributed by atoms with Gasteiger partial charge in [-0.25, -0.2) is 0 Å². The smallest absolute Gasteiger partial charge is 0.306 e. The molecule has 0 radical (unpaired) electrons. The molecule has 112 valence electrons. The van der Waals surface area contributed by atoms with E-state index in [2.05, 4.69) is 10.6 Å². The molecule has 1 saturated carbocycles. The Balaban J connectivity index is 1.57. The minimum atomic E-state index is -0.750. The second kappa shape index (κ2) is 5.76. The third-order valence-corrected chi connectivity index (χ3v) is 4.46. The van der Waals surface area contributed by atoms with Gasteiger partial charge >= 0.3 is 5.97 Å². The fourth-order valence-corrected chi connectivity index (χ4v) is 3.30. The highest BCUT2D eigenvalue weighted by Gasteiger charge is 2.31. The van der Waals surface area contributed by atoms with Gasteiger partial charge in [0.05, 0.1) is 5.92 Å². The van der Waals surface area contributed by atoms with Crippen LogP contribution in [0.4, 0.5) is 5.69 Å². The molecule has 3 atom stereocenters. The third kappa shape index (κ3) is 3.01. The highest BCUT2D eigenvalue weighted by molar-refractivity contribution is 5.87. The minimum absolute atomic E-state index is 0.0159. The molecular weight excluding hydrogens is 268 g/mol. The highest BCUT2D eigenvalue weighted by Crippen LogP contribution is 2.27. The second-order valence-corrected chi connectivity index (χ2v) is 5.97. The summed E-state index contributed by atoms with van der Waals surface area (Å²) in [5.41, 5.74) is 2.18. The molecule has 3 N–H and O–H groups in total. The van der Waals surface area contributed by atoms with Crippen molar-refractivity contribution in [3.05, 3.63) is 29.8 Å². The van der Waals surface area contributed by atoms with Gasteiger partial charge in [-0.05, 0) is 30.9 Å². The average molecular weight is 288 g/mol. The molecule has 0 bridgehead atoms. The van der Waals surface area contributed by atoms with E-state index < -0.39 is 5.97 Å². The molecule has 5 heteroatoms. The minimum Gasteiger partial charge on any atom is -0.481 e. The summed E-state index contributed by atoms with van der Waals surface area (Å²) in [6.07, 6.45) is 3.68. The number of fused-ring (bicyclic) bond motifs is 1. The molecule has 0 saturated heterocycles. The average Bonchev–Trinajstić information content (AvgIpc) is 2.91. The van der Waals surface area contributed by atoms with Crippen LogP contribution in [-0.4, -0.2) is 29.1 Å². The van der Waals surface area contributed by atoms with Gasteiger partial charge in [-0.1, -0.05) is 24.6 Å². The number of para-hydroxylation sites is 1. The summed E-state index contributed by atoms with van der Waals surface area (Å²) in [5.74, 6) is -1.10. The molecule has 21 heavy (non-hydrogen) atoms. The zero-order valence-electron chi connectivity index (χ0n) is 11.8. The first-order chi connectivity index (χ1) is 10.1. The normalized spacial score (nSPS) is 27.5. The third-order valence-electron chi connectivity index (χ3n) is 4.46. The summed E-state index contributed by atoms with van der Waals surface area (Å²) in [5, 5.41) is 15.3. The number of carboxylic acids is 1. The monoisotopic (exact) mass is 288 g/mol. The summed E-state index contributed by atoms with van der Waals surface area (Å²) in [4.78, 5) is 23.4. The number of anilines is 1. The van der Waals surface area contributed by atoms with Crippen molar-refractivity contribution in [1.82, 2.24) is 5.32 Å².